The monoisotopic (exact) mass is 370 g/mol. The van der Waals surface area contributed by atoms with Crippen LogP contribution in [0.4, 0.5) is 5.69 Å². The Bertz CT molecular complexity index is 674. The molecule has 1 saturated carbocycles. The summed E-state index contributed by atoms with van der Waals surface area (Å²) in [5.41, 5.74) is 2.40. The summed E-state index contributed by atoms with van der Waals surface area (Å²) in [5.74, 6) is 0.854. The first kappa shape index (κ1) is 19.9. The van der Waals surface area contributed by atoms with Crippen molar-refractivity contribution < 1.29 is 9.59 Å². The number of ketones is 1. The Morgan fingerprint density at radius 2 is 1.74 bits per heavy atom. The minimum Gasteiger partial charge on any atom is -0.372 e. The molecule has 4 nitrogen and oxygen atoms in total. The van der Waals surface area contributed by atoms with Gasteiger partial charge in [0.2, 0.25) is 5.91 Å². The molecule has 148 valence electrons. The third-order valence-electron chi connectivity index (χ3n) is 6.89. The van der Waals surface area contributed by atoms with Crippen LogP contribution in [-0.2, 0) is 16.1 Å². The second-order valence-corrected chi connectivity index (χ2v) is 9.09. The number of benzene rings is 1. The molecule has 0 bridgehead atoms. The van der Waals surface area contributed by atoms with Crippen molar-refractivity contribution in [2.75, 3.05) is 25.0 Å². The van der Waals surface area contributed by atoms with Crippen LogP contribution in [0.25, 0.3) is 0 Å². The average molecular weight is 371 g/mol. The molecule has 2 fully saturated rings. The molecule has 0 aromatic heterocycles. The summed E-state index contributed by atoms with van der Waals surface area (Å²) < 4.78 is 0. The molecule has 0 N–H and O–H groups in total. The van der Waals surface area contributed by atoms with E-state index in [9.17, 15) is 9.59 Å². The number of anilines is 1. The minimum atomic E-state index is -0.0571. The van der Waals surface area contributed by atoms with Gasteiger partial charge in [0, 0.05) is 44.7 Å². The molecule has 3 rings (SSSR count). The minimum absolute atomic E-state index is 0.0571. The van der Waals surface area contributed by atoms with Crippen LogP contribution in [0, 0.1) is 17.3 Å². The highest BCUT2D eigenvalue weighted by Crippen LogP contribution is 2.53. The maximum absolute atomic E-state index is 12.7. The van der Waals surface area contributed by atoms with E-state index in [1.165, 1.54) is 30.5 Å². The van der Waals surface area contributed by atoms with Gasteiger partial charge in [-0.1, -0.05) is 26.0 Å². The van der Waals surface area contributed by atoms with Crippen molar-refractivity contribution in [2.45, 2.75) is 59.4 Å². The second-order valence-electron chi connectivity index (χ2n) is 9.09. The van der Waals surface area contributed by atoms with Crippen molar-refractivity contribution in [1.82, 2.24) is 4.90 Å². The zero-order chi connectivity index (χ0) is 19.6. The molecule has 0 radical (unpaired) electrons. The quantitative estimate of drug-likeness (QED) is 0.750. The molecule has 1 saturated heterocycles. The van der Waals surface area contributed by atoms with E-state index in [2.05, 4.69) is 43.0 Å². The molecule has 4 heteroatoms. The number of carbonyl (C=O) groups excluding carboxylic acids is 2. The third kappa shape index (κ3) is 4.36. The predicted molar refractivity (Wildman–Crippen MR) is 110 cm³/mol. The molecule has 1 aromatic rings. The molecule has 1 amide bonds. The lowest BCUT2D eigenvalue weighted by Crippen LogP contribution is -2.49. The third-order valence-corrected chi connectivity index (χ3v) is 6.89. The van der Waals surface area contributed by atoms with E-state index < -0.39 is 0 Å². The van der Waals surface area contributed by atoms with Crippen LogP contribution in [0.3, 0.4) is 0 Å². The fourth-order valence-electron chi connectivity index (χ4n) is 4.75. The van der Waals surface area contributed by atoms with Gasteiger partial charge < -0.3 is 9.80 Å². The first-order valence-electron chi connectivity index (χ1n) is 10.4. The molecule has 0 unspecified atom stereocenters. The number of piperidine rings is 1. The van der Waals surface area contributed by atoms with E-state index in [0.29, 0.717) is 18.9 Å². The fourth-order valence-corrected chi connectivity index (χ4v) is 4.75. The Labute approximate surface area is 163 Å². The van der Waals surface area contributed by atoms with Gasteiger partial charge in [0.05, 0.1) is 0 Å². The Morgan fingerprint density at radius 3 is 2.30 bits per heavy atom. The van der Waals surface area contributed by atoms with Crippen molar-refractivity contribution >= 4 is 17.4 Å². The predicted octanol–water partition coefficient (Wildman–Crippen LogP) is 4.28. The summed E-state index contributed by atoms with van der Waals surface area (Å²) in [6.07, 6.45) is 5.29. The second kappa shape index (κ2) is 8.04. The van der Waals surface area contributed by atoms with Crippen LogP contribution in [0.2, 0.25) is 0 Å². The number of amides is 1. The lowest BCUT2D eigenvalue weighted by atomic mass is 9.52. The van der Waals surface area contributed by atoms with Crippen LogP contribution in [0.5, 0.6) is 0 Å². The molecule has 1 aliphatic carbocycles. The van der Waals surface area contributed by atoms with Gasteiger partial charge in [0.25, 0.3) is 0 Å². The summed E-state index contributed by atoms with van der Waals surface area (Å²) in [6.45, 7) is 8.86. The molecule has 2 atom stereocenters. The topological polar surface area (TPSA) is 40.6 Å². The van der Waals surface area contributed by atoms with Gasteiger partial charge >= 0.3 is 0 Å². The normalized spacial score (nSPS) is 24.2. The van der Waals surface area contributed by atoms with Crippen LogP contribution < -0.4 is 4.90 Å². The van der Waals surface area contributed by atoms with Gasteiger partial charge in [-0.15, -0.1) is 0 Å². The van der Waals surface area contributed by atoms with E-state index in [0.717, 1.165) is 19.5 Å². The lowest BCUT2D eigenvalue weighted by molar-refractivity contribution is -0.144. The van der Waals surface area contributed by atoms with Gasteiger partial charge in [-0.3, -0.25) is 9.59 Å². The number of rotatable bonds is 6. The van der Waals surface area contributed by atoms with Crippen LogP contribution >= 0.6 is 0 Å². The molecule has 0 spiro atoms. The van der Waals surface area contributed by atoms with Gasteiger partial charge in [0.15, 0.2) is 0 Å². The summed E-state index contributed by atoms with van der Waals surface area (Å²) in [5, 5.41) is 0. The Hall–Kier alpha value is -1.84. The lowest BCUT2D eigenvalue weighted by Gasteiger charge is -2.51. The Morgan fingerprint density at radius 1 is 1.11 bits per heavy atom. The maximum atomic E-state index is 12.7. The Balaban J connectivity index is 1.52. The number of hydrogen-bond acceptors (Lipinski definition) is 3. The summed E-state index contributed by atoms with van der Waals surface area (Å²) in [6, 6.07) is 8.66. The molecule has 1 aliphatic heterocycles. The van der Waals surface area contributed by atoms with E-state index >= 15 is 0 Å². The van der Waals surface area contributed by atoms with Gasteiger partial charge in [-0.05, 0) is 61.6 Å². The van der Waals surface area contributed by atoms with Crippen molar-refractivity contribution in [2.24, 2.45) is 17.3 Å². The molecule has 27 heavy (non-hydrogen) atoms. The van der Waals surface area contributed by atoms with E-state index in [-0.39, 0.29) is 23.0 Å². The first-order valence-corrected chi connectivity index (χ1v) is 10.4. The largest absolute Gasteiger partial charge is 0.372 e. The number of nitrogens with zero attached hydrogens (tertiary/aromatic N) is 2. The zero-order valence-corrected chi connectivity index (χ0v) is 17.3. The SMILES string of the molecule is CC(=O)[C@@H]1C[C@H](CC(=O)N(C)Cc2ccc(N3CCCCC3)cc2)C1(C)C. The number of hydrogen-bond donors (Lipinski definition) is 0. The maximum Gasteiger partial charge on any atom is 0.222 e. The van der Waals surface area contributed by atoms with Gasteiger partial charge in [0.1, 0.15) is 5.78 Å². The van der Waals surface area contributed by atoms with Crippen molar-refractivity contribution in [3.63, 3.8) is 0 Å². The number of Topliss-reactive ketones (excluding diaryl/α,β-unsaturated/α-hetero) is 1. The van der Waals surface area contributed by atoms with E-state index in [1.54, 1.807) is 6.92 Å². The summed E-state index contributed by atoms with van der Waals surface area (Å²) >= 11 is 0. The summed E-state index contributed by atoms with van der Waals surface area (Å²) in [7, 11) is 1.88. The van der Waals surface area contributed by atoms with Crippen LogP contribution in [0.1, 0.15) is 58.4 Å². The van der Waals surface area contributed by atoms with Crippen LogP contribution in [0.15, 0.2) is 24.3 Å². The fraction of sp³-hybridized carbons (Fsp3) is 0.652. The van der Waals surface area contributed by atoms with E-state index in [1.807, 2.05) is 11.9 Å². The highest BCUT2D eigenvalue weighted by atomic mass is 16.2. The zero-order valence-electron chi connectivity index (χ0n) is 17.3. The number of carbonyl (C=O) groups is 2. The standard InChI is InChI=1S/C23H34N2O2/c1-17(26)21-14-19(23(21,2)3)15-22(27)24(4)16-18-8-10-20(11-9-18)25-12-6-5-7-13-25/h8-11,19,21H,5-7,12-16H2,1-4H3/t19-,21+/m1/s1. The smallest absolute Gasteiger partial charge is 0.222 e. The summed E-state index contributed by atoms with van der Waals surface area (Å²) in [4.78, 5) is 28.6. The van der Waals surface area contributed by atoms with E-state index in [4.69, 9.17) is 0 Å². The molecular weight excluding hydrogens is 336 g/mol. The van der Waals surface area contributed by atoms with Crippen LogP contribution in [-0.4, -0.2) is 36.7 Å². The molecule has 1 heterocycles. The molecular formula is C23H34N2O2. The van der Waals surface area contributed by atoms with Crippen molar-refractivity contribution in [3.05, 3.63) is 29.8 Å². The first-order chi connectivity index (χ1) is 12.8. The average Bonchev–Trinajstić information content (AvgIpc) is 2.65. The molecule has 2 aliphatic rings. The van der Waals surface area contributed by atoms with Crippen molar-refractivity contribution in [1.29, 1.82) is 0 Å². The van der Waals surface area contributed by atoms with Gasteiger partial charge in [-0.25, -0.2) is 0 Å². The Kier molecular flexibility index (Phi) is 5.92. The van der Waals surface area contributed by atoms with Gasteiger partial charge in [-0.2, -0.15) is 0 Å². The van der Waals surface area contributed by atoms with Crippen molar-refractivity contribution in [3.8, 4) is 0 Å². The molecule has 1 aromatic carbocycles. The highest BCUT2D eigenvalue weighted by Gasteiger charge is 2.50. The highest BCUT2D eigenvalue weighted by molar-refractivity contribution is 5.81.